The summed E-state index contributed by atoms with van der Waals surface area (Å²) in [6.07, 6.45) is 9.70. The first-order valence-corrected chi connectivity index (χ1v) is 6.96. The van der Waals surface area contributed by atoms with Gasteiger partial charge >= 0.3 is 0 Å². The lowest BCUT2D eigenvalue weighted by Crippen LogP contribution is -1.98. The molecule has 1 nitrogen and oxygen atoms in total. The van der Waals surface area contributed by atoms with E-state index in [0.717, 1.165) is 6.42 Å². The van der Waals surface area contributed by atoms with E-state index in [9.17, 15) is 4.79 Å². The molecular weight excluding hydrogens is 220 g/mol. The van der Waals surface area contributed by atoms with Crippen LogP contribution in [0.25, 0.3) is 0 Å². The van der Waals surface area contributed by atoms with Gasteiger partial charge in [-0.2, -0.15) is 0 Å². The zero-order chi connectivity index (χ0) is 13.2. The standard InChI is InChI=1S/C17H24O/c1-3-4-6-11-17(14-9-10-15(2)18)16-12-7-5-8-13-16/h5,7-10,12-13,17H,3-4,6,11,14H2,1-2H3/b10-9+. The second-order valence-corrected chi connectivity index (χ2v) is 4.85. The molecule has 1 aromatic rings. The molecule has 0 aliphatic rings. The minimum Gasteiger partial charge on any atom is -0.295 e. The normalized spacial score (nSPS) is 12.8. The highest BCUT2D eigenvalue weighted by molar-refractivity contribution is 5.87. The number of allylic oxidation sites excluding steroid dienone is 2. The average Bonchev–Trinajstić information content (AvgIpc) is 2.38. The predicted octanol–water partition coefficient (Wildman–Crippen LogP) is 4.89. The van der Waals surface area contributed by atoms with Gasteiger partial charge in [-0.1, -0.05) is 62.6 Å². The summed E-state index contributed by atoms with van der Waals surface area (Å²) < 4.78 is 0. The molecule has 0 aliphatic carbocycles. The molecular formula is C17H24O. The summed E-state index contributed by atoms with van der Waals surface area (Å²) in [5, 5.41) is 0. The van der Waals surface area contributed by atoms with Gasteiger partial charge in [-0.25, -0.2) is 0 Å². The van der Waals surface area contributed by atoms with E-state index in [1.807, 2.05) is 6.08 Å². The quantitative estimate of drug-likeness (QED) is 0.470. The summed E-state index contributed by atoms with van der Waals surface area (Å²) in [6.45, 7) is 3.83. The Morgan fingerprint density at radius 3 is 2.56 bits per heavy atom. The zero-order valence-corrected chi connectivity index (χ0v) is 11.6. The average molecular weight is 244 g/mol. The van der Waals surface area contributed by atoms with Crippen LogP contribution in [0.15, 0.2) is 42.5 Å². The maximum atomic E-state index is 10.9. The van der Waals surface area contributed by atoms with Crippen LogP contribution in [0.4, 0.5) is 0 Å². The molecule has 0 saturated carbocycles. The van der Waals surface area contributed by atoms with Crippen LogP contribution in [0.2, 0.25) is 0 Å². The van der Waals surface area contributed by atoms with Gasteiger partial charge < -0.3 is 0 Å². The smallest absolute Gasteiger partial charge is 0.152 e. The van der Waals surface area contributed by atoms with Crippen LogP contribution < -0.4 is 0 Å². The van der Waals surface area contributed by atoms with Gasteiger partial charge in [-0.3, -0.25) is 4.79 Å². The lowest BCUT2D eigenvalue weighted by Gasteiger charge is -2.15. The van der Waals surface area contributed by atoms with Crippen molar-refractivity contribution in [3.05, 3.63) is 48.0 Å². The van der Waals surface area contributed by atoms with Gasteiger partial charge in [0, 0.05) is 0 Å². The van der Waals surface area contributed by atoms with E-state index in [1.54, 1.807) is 13.0 Å². The molecule has 98 valence electrons. The molecule has 0 spiro atoms. The van der Waals surface area contributed by atoms with Crippen molar-refractivity contribution in [2.45, 2.75) is 51.9 Å². The zero-order valence-electron chi connectivity index (χ0n) is 11.6. The molecule has 0 aliphatic heterocycles. The van der Waals surface area contributed by atoms with Crippen LogP contribution in [0, 0.1) is 0 Å². The van der Waals surface area contributed by atoms with Gasteiger partial charge in [0.05, 0.1) is 0 Å². The van der Waals surface area contributed by atoms with Crippen LogP contribution in [0.3, 0.4) is 0 Å². The monoisotopic (exact) mass is 244 g/mol. The molecule has 1 unspecified atom stereocenters. The molecule has 18 heavy (non-hydrogen) atoms. The second kappa shape index (κ2) is 8.68. The van der Waals surface area contributed by atoms with E-state index in [-0.39, 0.29) is 5.78 Å². The van der Waals surface area contributed by atoms with Crippen molar-refractivity contribution in [2.24, 2.45) is 0 Å². The Hall–Kier alpha value is -1.37. The van der Waals surface area contributed by atoms with Gasteiger partial charge in [-0.05, 0) is 37.3 Å². The summed E-state index contributed by atoms with van der Waals surface area (Å²) in [4.78, 5) is 10.9. The topological polar surface area (TPSA) is 17.1 Å². The fourth-order valence-corrected chi connectivity index (χ4v) is 2.18. The van der Waals surface area contributed by atoms with E-state index in [4.69, 9.17) is 0 Å². The number of carbonyl (C=O) groups excluding carboxylic acids is 1. The minimum atomic E-state index is 0.135. The van der Waals surface area contributed by atoms with Crippen molar-refractivity contribution in [1.29, 1.82) is 0 Å². The highest BCUT2D eigenvalue weighted by atomic mass is 16.1. The second-order valence-electron chi connectivity index (χ2n) is 4.85. The molecule has 0 N–H and O–H groups in total. The van der Waals surface area contributed by atoms with Crippen molar-refractivity contribution in [1.82, 2.24) is 0 Å². The summed E-state index contributed by atoms with van der Waals surface area (Å²) in [5.41, 5.74) is 1.39. The van der Waals surface area contributed by atoms with Crippen molar-refractivity contribution in [3.8, 4) is 0 Å². The first kappa shape index (κ1) is 14.7. The Bertz CT molecular complexity index is 364. The molecule has 1 rings (SSSR count). The van der Waals surface area contributed by atoms with E-state index in [1.165, 1.54) is 31.2 Å². The Morgan fingerprint density at radius 2 is 1.94 bits per heavy atom. The number of hydrogen-bond acceptors (Lipinski definition) is 1. The minimum absolute atomic E-state index is 0.135. The van der Waals surface area contributed by atoms with Gasteiger partial charge in [0.2, 0.25) is 0 Å². The van der Waals surface area contributed by atoms with Crippen molar-refractivity contribution in [2.75, 3.05) is 0 Å². The first-order chi connectivity index (χ1) is 8.74. The summed E-state index contributed by atoms with van der Waals surface area (Å²) in [6, 6.07) is 10.6. The lowest BCUT2D eigenvalue weighted by molar-refractivity contribution is -0.112. The van der Waals surface area contributed by atoms with E-state index in [2.05, 4.69) is 37.3 Å². The van der Waals surface area contributed by atoms with Gasteiger partial charge in [0.15, 0.2) is 5.78 Å². The number of rotatable bonds is 8. The van der Waals surface area contributed by atoms with Gasteiger partial charge in [0.25, 0.3) is 0 Å². The van der Waals surface area contributed by atoms with Crippen molar-refractivity contribution >= 4 is 5.78 Å². The number of ketones is 1. The number of benzene rings is 1. The molecule has 1 atom stereocenters. The van der Waals surface area contributed by atoms with Crippen LogP contribution in [-0.4, -0.2) is 5.78 Å². The first-order valence-electron chi connectivity index (χ1n) is 6.96. The van der Waals surface area contributed by atoms with Crippen molar-refractivity contribution < 1.29 is 4.79 Å². The maximum Gasteiger partial charge on any atom is 0.152 e. The van der Waals surface area contributed by atoms with Crippen LogP contribution in [0.1, 0.15) is 57.4 Å². The fraction of sp³-hybridized carbons (Fsp3) is 0.471. The predicted molar refractivity (Wildman–Crippen MR) is 77.8 cm³/mol. The third kappa shape index (κ3) is 5.81. The maximum absolute atomic E-state index is 10.9. The highest BCUT2D eigenvalue weighted by Gasteiger charge is 2.09. The number of hydrogen-bond donors (Lipinski definition) is 0. The third-order valence-corrected chi connectivity index (χ3v) is 3.20. The summed E-state index contributed by atoms with van der Waals surface area (Å²) in [7, 11) is 0. The van der Waals surface area contributed by atoms with Gasteiger partial charge in [0.1, 0.15) is 0 Å². The molecule has 1 heteroatoms. The molecule has 0 amide bonds. The Morgan fingerprint density at radius 1 is 1.22 bits per heavy atom. The summed E-state index contributed by atoms with van der Waals surface area (Å²) in [5.74, 6) is 0.684. The summed E-state index contributed by atoms with van der Waals surface area (Å²) >= 11 is 0. The van der Waals surface area contributed by atoms with Crippen LogP contribution >= 0.6 is 0 Å². The Kier molecular flexibility index (Phi) is 7.09. The molecule has 0 aromatic heterocycles. The van der Waals surface area contributed by atoms with Crippen molar-refractivity contribution in [3.63, 3.8) is 0 Å². The number of carbonyl (C=O) groups is 1. The third-order valence-electron chi connectivity index (χ3n) is 3.20. The molecule has 0 saturated heterocycles. The highest BCUT2D eigenvalue weighted by Crippen LogP contribution is 2.26. The van der Waals surface area contributed by atoms with E-state index >= 15 is 0 Å². The largest absolute Gasteiger partial charge is 0.295 e. The van der Waals surface area contributed by atoms with E-state index in [0.29, 0.717) is 5.92 Å². The molecule has 1 aromatic carbocycles. The lowest BCUT2D eigenvalue weighted by atomic mass is 9.90. The SMILES string of the molecule is CCCCCC(C/C=C/C(C)=O)c1ccccc1. The van der Waals surface area contributed by atoms with E-state index < -0.39 is 0 Å². The fourth-order valence-electron chi connectivity index (χ4n) is 2.18. The molecule has 0 heterocycles. The Labute approximate surface area is 111 Å². The Balaban J connectivity index is 2.60. The molecule has 0 bridgehead atoms. The molecule has 0 radical (unpaired) electrons. The van der Waals surface area contributed by atoms with Gasteiger partial charge in [-0.15, -0.1) is 0 Å². The molecule has 0 fully saturated rings. The van der Waals surface area contributed by atoms with Crippen LogP contribution in [-0.2, 0) is 4.79 Å². The number of unbranched alkanes of at least 4 members (excludes halogenated alkanes) is 2. The van der Waals surface area contributed by atoms with Crippen LogP contribution in [0.5, 0.6) is 0 Å².